The summed E-state index contributed by atoms with van der Waals surface area (Å²) in [6.45, 7) is 2.79. The molecule has 0 unspecified atom stereocenters. The third-order valence-corrected chi connectivity index (χ3v) is 4.17. The summed E-state index contributed by atoms with van der Waals surface area (Å²) >= 11 is 0. The quantitative estimate of drug-likeness (QED) is 0.646. The summed E-state index contributed by atoms with van der Waals surface area (Å²) in [4.78, 5) is 17.3. The molecule has 3 nitrogen and oxygen atoms in total. The van der Waals surface area contributed by atoms with Crippen LogP contribution in [-0.2, 0) is 0 Å². The van der Waals surface area contributed by atoms with Gasteiger partial charge in [0.2, 0.25) is 0 Å². The second-order valence-electron chi connectivity index (χ2n) is 6.04. The van der Waals surface area contributed by atoms with Crippen LogP contribution in [0.3, 0.4) is 0 Å². The largest absolute Gasteiger partial charge is 0.352 e. The molecule has 25 heavy (non-hydrogen) atoms. The second kappa shape index (κ2) is 7.88. The zero-order valence-corrected chi connectivity index (χ0v) is 14.3. The molecule has 0 aliphatic carbocycles. The van der Waals surface area contributed by atoms with Crippen LogP contribution < -0.4 is 5.32 Å². The van der Waals surface area contributed by atoms with Crippen molar-refractivity contribution in [3.05, 3.63) is 66.0 Å². The number of carbonyl (C=O) groups is 1. The van der Waals surface area contributed by atoms with Gasteiger partial charge in [-0.2, -0.15) is 0 Å². The van der Waals surface area contributed by atoms with Crippen molar-refractivity contribution in [1.29, 1.82) is 0 Å². The SMILES string of the molecule is CCCCCNC(=O)c1cc(-c2ccc(F)cc2)nc2ccccc12. The zero-order valence-electron chi connectivity index (χ0n) is 14.3. The van der Waals surface area contributed by atoms with E-state index in [0.29, 0.717) is 17.8 Å². The van der Waals surface area contributed by atoms with E-state index in [4.69, 9.17) is 0 Å². The van der Waals surface area contributed by atoms with E-state index in [-0.39, 0.29) is 11.7 Å². The lowest BCUT2D eigenvalue weighted by Crippen LogP contribution is -2.24. The van der Waals surface area contributed by atoms with Gasteiger partial charge in [-0.15, -0.1) is 0 Å². The summed E-state index contributed by atoms with van der Waals surface area (Å²) in [5.74, 6) is -0.392. The molecule has 3 rings (SSSR count). The van der Waals surface area contributed by atoms with Crippen molar-refractivity contribution in [2.75, 3.05) is 6.54 Å². The number of benzene rings is 2. The third-order valence-electron chi connectivity index (χ3n) is 4.17. The van der Waals surface area contributed by atoms with Gasteiger partial charge in [-0.05, 0) is 42.8 Å². The highest BCUT2D eigenvalue weighted by molar-refractivity contribution is 6.07. The molecule has 0 aliphatic heterocycles. The number of para-hydroxylation sites is 1. The van der Waals surface area contributed by atoms with Gasteiger partial charge in [0.1, 0.15) is 5.82 Å². The Kier molecular flexibility index (Phi) is 5.39. The number of hydrogen-bond acceptors (Lipinski definition) is 2. The summed E-state index contributed by atoms with van der Waals surface area (Å²) < 4.78 is 13.2. The third kappa shape index (κ3) is 4.02. The Labute approximate surface area is 146 Å². The molecule has 0 saturated carbocycles. The van der Waals surface area contributed by atoms with Gasteiger partial charge in [0.15, 0.2) is 0 Å². The van der Waals surface area contributed by atoms with Crippen LogP contribution in [-0.4, -0.2) is 17.4 Å². The van der Waals surface area contributed by atoms with Gasteiger partial charge in [-0.3, -0.25) is 4.79 Å². The number of halogens is 1. The Morgan fingerprint density at radius 2 is 1.84 bits per heavy atom. The van der Waals surface area contributed by atoms with E-state index in [1.165, 1.54) is 12.1 Å². The Bertz CT molecular complexity index is 875. The fourth-order valence-corrected chi connectivity index (χ4v) is 2.80. The minimum atomic E-state index is -0.293. The topological polar surface area (TPSA) is 42.0 Å². The first kappa shape index (κ1) is 17.1. The molecule has 1 heterocycles. The van der Waals surface area contributed by atoms with E-state index in [2.05, 4.69) is 17.2 Å². The van der Waals surface area contributed by atoms with Crippen LogP contribution >= 0.6 is 0 Å². The number of nitrogens with zero attached hydrogens (tertiary/aromatic N) is 1. The van der Waals surface area contributed by atoms with E-state index in [0.717, 1.165) is 35.7 Å². The summed E-state index contributed by atoms with van der Waals surface area (Å²) in [5, 5.41) is 3.81. The highest BCUT2D eigenvalue weighted by Crippen LogP contribution is 2.25. The van der Waals surface area contributed by atoms with E-state index in [9.17, 15) is 9.18 Å². The standard InChI is InChI=1S/C21H21FN2O/c1-2-3-6-13-23-21(25)18-14-20(15-9-11-16(22)12-10-15)24-19-8-5-4-7-17(18)19/h4-5,7-12,14H,2-3,6,13H2,1H3,(H,23,25). The van der Waals surface area contributed by atoms with Crippen molar-refractivity contribution in [3.63, 3.8) is 0 Å². The van der Waals surface area contributed by atoms with E-state index >= 15 is 0 Å². The van der Waals surface area contributed by atoms with Gasteiger partial charge in [0.25, 0.3) is 5.91 Å². The highest BCUT2D eigenvalue weighted by Gasteiger charge is 2.13. The molecule has 1 amide bonds. The molecule has 0 bridgehead atoms. The minimum Gasteiger partial charge on any atom is -0.352 e. The lowest BCUT2D eigenvalue weighted by molar-refractivity contribution is 0.0954. The number of carbonyl (C=O) groups excluding carboxylic acids is 1. The van der Waals surface area contributed by atoms with E-state index < -0.39 is 0 Å². The molecular weight excluding hydrogens is 315 g/mol. The average Bonchev–Trinajstić information content (AvgIpc) is 2.65. The average molecular weight is 336 g/mol. The molecule has 4 heteroatoms. The van der Waals surface area contributed by atoms with E-state index in [1.54, 1.807) is 18.2 Å². The lowest BCUT2D eigenvalue weighted by atomic mass is 10.0. The molecule has 0 aliphatic rings. The fraction of sp³-hybridized carbons (Fsp3) is 0.238. The minimum absolute atomic E-state index is 0.0990. The second-order valence-corrected chi connectivity index (χ2v) is 6.04. The van der Waals surface area contributed by atoms with Crippen LogP contribution in [0.15, 0.2) is 54.6 Å². The lowest BCUT2D eigenvalue weighted by Gasteiger charge is -2.10. The van der Waals surface area contributed by atoms with Crippen LogP contribution in [0.25, 0.3) is 22.2 Å². The molecule has 0 saturated heterocycles. The smallest absolute Gasteiger partial charge is 0.252 e. The maximum Gasteiger partial charge on any atom is 0.252 e. The predicted molar refractivity (Wildman–Crippen MR) is 99.0 cm³/mol. The fourth-order valence-electron chi connectivity index (χ4n) is 2.80. The number of hydrogen-bond donors (Lipinski definition) is 1. The zero-order chi connectivity index (χ0) is 17.6. The first-order valence-corrected chi connectivity index (χ1v) is 8.63. The molecule has 0 spiro atoms. The van der Waals surface area contributed by atoms with Crippen LogP contribution in [0.1, 0.15) is 36.5 Å². The molecule has 2 aromatic carbocycles. The van der Waals surface area contributed by atoms with Gasteiger partial charge in [0, 0.05) is 17.5 Å². The Balaban J connectivity index is 1.98. The summed E-state index contributed by atoms with van der Waals surface area (Å²) in [6, 6.07) is 15.5. The highest BCUT2D eigenvalue weighted by atomic mass is 19.1. The number of rotatable bonds is 6. The van der Waals surface area contributed by atoms with Crippen molar-refractivity contribution >= 4 is 16.8 Å². The van der Waals surface area contributed by atoms with Gasteiger partial charge < -0.3 is 5.32 Å². The molecule has 128 valence electrons. The molecule has 1 aromatic heterocycles. The number of amides is 1. The van der Waals surface area contributed by atoms with Gasteiger partial charge >= 0.3 is 0 Å². The van der Waals surface area contributed by atoms with Crippen molar-refractivity contribution in [2.45, 2.75) is 26.2 Å². The van der Waals surface area contributed by atoms with E-state index in [1.807, 2.05) is 24.3 Å². The number of aromatic nitrogens is 1. The normalized spacial score (nSPS) is 10.8. The molecular formula is C21H21FN2O. The number of pyridine rings is 1. The van der Waals surface area contributed by atoms with Crippen LogP contribution in [0, 0.1) is 5.82 Å². The van der Waals surface area contributed by atoms with Crippen molar-refractivity contribution in [2.24, 2.45) is 0 Å². The Morgan fingerprint density at radius 3 is 2.60 bits per heavy atom. The maximum absolute atomic E-state index is 13.2. The monoisotopic (exact) mass is 336 g/mol. The van der Waals surface area contributed by atoms with Crippen molar-refractivity contribution in [3.8, 4) is 11.3 Å². The Morgan fingerprint density at radius 1 is 1.08 bits per heavy atom. The van der Waals surface area contributed by atoms with Gasteiger partial charge in [-0.1, -0.05) is 38.0 Å². The Hall–Kier alpha value is -2.75. The molecule has 1 N–H and O–H groups in total. The summed E-state index contributed by atoms with van der Waals surface area (Å²) in [7, 11) is 0. The molecule has 0 radical (unpaired) electrons. The van der Waals surface area contributed by atoms with Crippen LogP contribution in [0.4, 0.5) is 4.39 Å². The van der Waals surface area contributed by atoms with Crippen molar-refractivity contribution < 1.29 is 9.18 Å². The van der Waals surface area contributed by atoms with Gasteiger partial charge in [-0.25, -0.2) is 9.37 Å². The molecule has 0 atom stereocenters. The first-order chi connectivity index (χ1) is 12.2. The van der Waals surface area contributed by atoms with Crippen LogP contribution in [0.5, 0.6) is 0 Å². The molecule has 0 fully saturated rings. The predicted octanol–water partition coefficient (Wildman–Crippen LogP) is 4.96. The van der Waals surface area contributed by atoms with Gasteiger partial charge in [0.05, 0.1) is 16.8 Å². The molecule has 3 aromatic rings. The number of nitrogens with one attached hydrogen (secondary N) is 1. The summed E-state index contributed by atoms with van der Waals surface area (Å²) in [6.07, 6.45) is 3.18. The number of unbranched alkanes of at least 4 members (excludes halogenated alkanes) is 2. The van der Waals surface area contributed by atoms with Crippen molar-refractivity contribution in [1.82, 2.24) is 10.3 Å². The first-order valence-electron chi connectivity index (χ1n) is 8.63. The van der Waals surface area contributed by atoms with Crippen LogP contribution in [0.2, 0.25) is 0 Å². The maximum atomic E-state index is 13.2. The number of fused-ring (bicyclic) bond motifs is 1. The summed E-state index contributed by atoms with van der Waals surface area (Å²) in [5.41, 5.74) is 2.80.